The van der Waals surface area contributed by atoms with Gasteiger partial charge in [-0.3, -0.25) is 9.67 Å². The van der Waals surface area contributed by atoms with Crippen molar-refractivity contribution in [3.8, 4) is 22.3 Å². The van der Waals surface area contributed by atoms with Crippen LogP contribution >= 0.6 is 11.6 Å². The maximum atomic E-state index is 6.15. The van der Waals surface area contributed by atoms with Gasteiger partial charge in [-0.2, -0.15) is 5.10 Å². The van der Waals surface area contributed by atoms with Crippen LogP contribution in [-0.2, 0) is 7.05 Å². The van der Waals surface area contributed by atoms with Crippen molar-refractivity contribution in [3.05, 3.63) is 65.8 Å². The maximum Gasteiger partial charge on any atom is 0.130 e. The van der Waals surface area contributed by atoms with E-state index in [1.54, 1.807) is 4.68 Å². The number of halogens is 1. The Hall–Kier alpha value is -2.72. The Labute approximate surface area is 144 Å². The van der Waals surface area contributed by atoms with Crippen LogP contribution < -0.4 is 0 Å². The van der Waals surface area contributed by atoms with Gasteiger partial charge >= 0.3 is 0 Å². The summed E-state index contributed by atoms with van der Waals surface area (Å²) in [7, 11) is 1.91. The van der Waals surface area contributed by atoms with Gasteiger partial charge in [0.1, 0.15) is 5.15 Å². The zero-order valence-corrected chi connectivity index (χ0v) is 14.1. The van der Waals surface area contributed by atoms with Crippen LogP contribution in [-0.4, -0.2) is 19.7 Å². The molecule has 0 N–H and O–H groups in total. The van der Waals surface area contributed by atoms with Gasteiger partial charge in [-0.15, -0.1) is 0 Å². The van der Waals surface area contributed by atoms with Crippen LogP contribution in [0.25, 0.3) is 33.2 Å². The first-order valence-corrected chi connectivity index (χ1v) is 8.00. The summed E-state index contributed by atoms with van der Waals surface area (Å²) in [5.41, 5.74) is 6.22. The van der Waals surface area contributed by atoms with E-state index in [9.17, 15) is 0 Å². The Morgan fingerprint density at radius 3 is 2.42 bits per heavy atom. The molecule has 0 bridgehead atoms. The minimum absolute atomic E-state index is 0.499. The zero-order chi connectivity index (χ0) is 16.7. The van der Waals surface area contributed by atoms with Gasteiger partial charge in [0.15, 0.2) is 0 Å². The molecular weight excluding hydrogens is 320 g/mol. The molecule has 4 rings (SSSR count). The molecular formula is C19H15ClN4. The molecule has 4 nitrogen and oxygen atoms in total. The first-order valence-electron chi connectivity index (χ1n) is 7.62. The number of hydrogen-bond acceptors (Lipinski definition) is 3. The van der Waals surface area contributed by atoms with Crippen LogP contribution in [0, 0.1) is 6.92 Å². The van der Waals surface area contributed by atoms with E-state index in [4.69, 9.17) is 11.6 Å². The van der Waals surface area contributed by atoms with Crippen molar-refractivity contribution in [1.29, 1.82) is 0 Å². The molecule has 0 aliphatic heterocycles. The van der Waals surface area contributed by atoms with E-state index in [0.29, 0.717) is 5.15 Å². The number of benzene rings is 1. The second kappa shape index (κ2) is 5.73. The summed E-state index contributed by atoms with van der Waals surface area (Å²) in [4.78, 5) is 8.88. The highest BCUT2D eigenvalue weighted by atomic mass is 35.5. The van der Waals surface area contributed by atoms with Gasteiger partial charge in [0.2, 0.25) is 0 Å². The number of aryl methyl sites for hydroxylation is 2. The fraction of sp³-hybridized carbons (Fsp3) is 0.105. The van der Waals surface area contributed by atoms with E-state index < -0.39 is 0 Å². The highest BCUT2D eigenvalue weighted by Gasteiger charge is 2.10. The number of rotatable bonds is 2. The molecule has 0 atom stereocenters. The summed E-state index contributed by atoms with van der Waals surface area (Å²) in [6.07, 6.45) is 7.53. The standard InChI is InChI=1S/C19H15ClN4/c1-12-7-18(20)23-19-16(12)9-21-10-17(19)14-5-3-13(4-6-14)15-8-22-24(2)11-15/h3-11H,1-2H3. The predicted octanol–water partition coefficient (Wildman–Crippen LogP) is 4.66. The van der Waals surface area contributed by atoms with Gasteiger partial charge in [-0.1, -0.05) is 35.9 Å². The summed E-state index contributed by atoms with van der Waals surface area (Å²) in [5, 5.41) is 5.74. The molecule has 0 aliphatic rings. The average molecular weight is 335 g/mol. The summed E-state index contributed by atoms with van der Waals surface area (Å²) in [6.45, 7) is 2.02. The molecule has 0 aliphatic carbocycles. The third-order valence-electron chi connectivity index (χ3n) is 4.13. The van der Waals surface area contributed by atoms with Crippen LogP contribution in [0.1, 0.15) is 5.56 Å². The first-order chi connectivity index (χ1) is 11.6. The summed E-state index contributed by atoms with van der Waals surface area (Å²) in [5.74, 6) is 0. The highest BCUT2D eigenvalue weighted by Crippen LogP contribution is 2.30. The zero-order valence-electron chi connectivity index (χ0n) is 13.4. The first kappa shape index (κ1) is 14.8. The lowest BCUT2D eigenvalue weighted by Crippen LogP contribution is -1.90. The van der Waals surface area contributed by atoms with Gasteiger partial charge < -0.3 is 0 Å². The molecule has 4 aromatic rings. The minimum Gasteiger partial charge on any atom is -0.275 e. The van der Waals surface area contributed by atoms with E-state index in [2.05, 4.69) is 39.3 Å². The normalized spacial score (nSPS) is 11.1. The maximum absolute atomic E-state index is 6.15. The lowest BCUT2D eigenvalue weighted by molar-refractivity contribution is 0.768. The third-order valence-corrected chi connectivity index (χ3v) is 4.32. The molecule has 1 aromatic carbocycles. The van der Waals surface area contributed by atoms with Crippen molar-refractivity contribution in [1.82, 2.24) is 19.7 Å². The largest absolute Gasteiger partial charge is 0.275 e. The number of nitrogens with zero attached hydrogens (tertiary/aromatic N) is 4. The average Bonchev–Trinajstić information content (AvgIpc) is 3.01. The van der Waals surface area contributed by atoms with Crippen LogP contribution in [0.2, 0.25) is 5.15 Å². The second-order valence-corrected chi connectivity index (χ2v) is 6.21. The van der Waals surface area contributed by atoms with Gasteiger partial charge in [-0.25, -0.2) is 4.98 Å². The molecule has 118 valence electrons. The third kappa shape index (κ3) is 2.55. The van der Waals surface area contributed by atoms with Crippen LogP contribution in [0.3, 0.4) is 0 Å². The van der Waals surface area contributed by atoms with E-state index in [-0.39, 0.29) is 0 Å². The highest BCUT2D eigenvalue weighted by molar-refractivity contribution is 6.30. The minimum atomic E-state index is 0.499. The van der Waals surface area contributed by atoms with Crippen molar-refractivity contribution in [2.45, 2.75) is 6.92 Å². The van der Waals surface area contributed by atoms with Crippen molar-refractivity contribution in [2.75, 3.05) is 0 Å². The smallest absolute Gasteiger partial charge is 0.130 e. The molecule has 0 unspecified atom stereocenters. The molecule has 0 fully saturated rings. The topological polar surface area (TPSA) is 43.6 Å². The molecule has 0 saturated carbocycles. The summed E-state index contributed by atoms with van der Waals surface area (Å²) in [6, 6.07) is 10.2. The lowest BCUT2D eigenvalue weighted by atomic mass is 10.0. The Morgan fingerprint density at radius 1 is 0.958 bits per heavy atom. The molecule has 3 aromatic heterocycles. The van der Waals surface area contributed by atoms with Crippen molar-refractivity contribution in [3.63, 3.8) is 0 Å². The molecule has 24 heavy (non-hydrogen) atoms. The van der Waals surface area contributed by atoms with Gasteiger partial charge in [-0.05, 0) is 29.7 Å². The number of hydrogen-bond donors (Lipinski definition) is 0. The SMILES string of the molecule is Cc1cc(Cl)nc2c(-c3ccc(-c4cnn(C)c4)cc3)cncc12. The monoisotopic (exact) mass is 334 g/mol. The molecule has 3 heterocycles. The van der Waals surface area contributed by atoms with Gasteiger partial charge in [0.05, 0.1) is 11.7 Å². The van der Waals surface area contributed by atoms with Crippen LogP contribution in [0.15, 0.2) is 55.1 Å². The van der Waals surface area contributed by atoms with E-state index >= 15 is 0 Å². The Kier molecular flexibility index (Phi) is 3.54. The second-order valence-electron chi connectivity index (χ2n) is 5.83. The Balaban J connectivity index is 1.83. The van der Waals surface area contributed by atoms with Crippen molar-refractivity contribution in [2.24, 2.45) is 7.05 Å². The summed E-state index contributed by atoms with van der Waals surface area (Å²) < 4.78 is 1.80. The van der Waals surface area contributed by atoms with E-state index in [1.807, 2.05) is 44.8 Å². The molecule has 0 radical (unpaired) electrons. The summed E-state index contributed by atoms with van der Waals surface area (Å²) >= 11 is 6.15. The number of aromatic nitrogens is 4. The van der Waals surface area contributed by atoms with Crippen molar-refractivity contribution < 1.29 is 0 Å². The molecule has 0 spiro atoms. The van der Waals surface area contributed by atoms with Crippen molar-refractivity contribution >= 4 is 22.5 Å². The fourth-order valence-corrected chi connectivity index (χ4v) is 3.13. The fourth-order valence-electron chi connectivity index (χ4n) is 2.88. The molecule has 0 amide bonds. The van der Waals surface area contributed by atoms with Gasteiger partial charge in [0, 0.05) is 42.2 Å². The quantitative estimate of drug-likeness (QED) is 0.501. The predicted molar refractivity (Wildman–Crippen MR) is 96.9 cm³/mol. The van der Waals surface area contributed by atoms with E-state index in [1.165, 1.54) is 0 Å². The number of pyridine rings is 2. The lowest BCUT2D eigenvalue weighted by Gasteiger charge is -2.08. The van der Waals surface area contributed by atoms with Crippen LogP contribution in [0.5, 0.6) is 0 Å². The number of fused-ring (bicyclic) bond motifs is 1. The van der Waals surface area contributed by atoms with Crippen LogP contribution in [0.4, 0.5) is 0 Å². The van der Waals surface area contributed by atoms with E-state index in [0.717, 1.165) is 38.7 Å². The van der Waals surface area contributed by atoms with Gasteiger partial charge in [0.25, 0.3) is 0 Å². The molecule has 0 saturated heterocycles. The Morgan fingerprint density at radius 2 is 1.71 bits per heavy atom. The molecule has 5 heteroatoms. The Bertz CT molecular complexity index is 1040.